The molecule has 1 N–H and O–H groups in total. The first-order chi connectivity index (χ1) is 14.5. The van der Waals surface area contributed by atoms with E-state index in [9.17, 15) is 8.42 Å². The first-order valence-corrected chi connectivity index (χ1v) is 12.7. The van der Waals surface area contributed by atoms with Crippen molar-refractivity contribution in [3.8, 4) is 0 Å². The van der Waals surface area contributed by atoms with Crippen molar-refractivity contribution in [3.63, 3.8) is 0 Å². The van der Waals surface area contributed by atoms with Gasteiger partial charge < -0.3 is 19.6 Å². The minimum Gasteiger partial charge on any atom is -0.364 e. The number of aliphatic imine (C=N–C) groups is 1. The molecule has 0 aromatic carbocycles. The molecule has 2 saturated heterocycles. The predicted octanol–water partition coefficient (Wildman–Crippen LogP) is 1.83. The van der Waals surface area contributed by atoms with Gasteiger partial charge in [0.25, 0.3) is 0 Å². The number of aromatic nitrogens is 1. The van der Waals surface area contributed by atoms with E-state index in [1.807, 2.05) is 0 Å². The molecule has 3 heterocycles. The second-order valence-corrected chi connectivity index (χ2v) is 10.3. The standard InChI is InChI=1S/C20H36N6O3S.HI/c1-3-21-20(22-15-18(2)16-24-8-5-4-6-9-24)25-10-12-26(13-11-25)30(27,28)17-19-7-14-29-23-19;/h7,14,18H,3-6,8-13,15-17H2,1-2H3,(H,21,22);1H. The van der Waals surface area contributed by atoms with Gasteiger partial charge in [0, 0.05) is 51.9 Å². The Morgan fingerprint density at radius 2 is 1.90 bits per heavy atom. The van der Waals surface area contributed by atoms with Crippen LogP contribution in [0.2, 0.25) is 0 Å². The van der Waals surface area contributed by atoms with Crippen molar-refractivity contribution in [2.24, 2.45) is 10.9 Å². The Kier molecular flexibility index (Phi) is 11.0. The maximum atomic E-state index is 12.6. The summed E-state index contributed by atoms with van der Waals surface area (Å²) < 4.78 is 31.6. The molecule has 2 aliphatic rings. The molecule has 2 aliphatic heterocycles. The molecule has 1 aromatic heterocycles. The Bertz CT molecular complexity index is 760. The molecular weight excluding hydrogens is 531 g/mol. The molecule has 1 aromatic rings. The van der Waals surface area contributed by atoms with Crippen LogP contribution in [0, 0.1) is 5.92 Å². The van der Waals surface area contributed by atoms with E-state index in [-0.39, 0.29) is 29.7 Å². The number of hydrogen-bond donors (Lipinski definition) is 1. The van der Waals surface area contributed by atoms with Crippen LogP contribution in [0.5, 0.6) is 0 Å². The number of likely N-dealkylation sites (tertiary alicyclic amines) is 1. The van der Waals surface area contributed by atoms with Gasteiger partial charge in [-0.1, -0.05) is 18.5 Å². The third-order valence-electron chi connectivity index (χ3n) is 5.66. The fourth-order valence-corrected chi connectivity index (χ4v) is 5.50. The van der Waals surface area contributed by atoms with E-state index in [4.69, 9.17) is 9.52 Å². The van der Waals surface area contributed by atoms with Crippen LogP contribution in [0.1, 0.15) is 38.8 Å². The maximum Gasteiger partial charge on any atom is 0.220 e. The number of rotatable bonds is 8. The van der Waals surface area contributed by atoms with Gasteiger partial charge in [-0.2, -0.15) is 4.31 Å². The number of nitrogens with zero attached hydrogens (tertiary/aromatic N) is 5. The lowest BCUT2D eigenvalue weighted by molar-refractivity contribution is 0.202. The summed E-state index contributed by atoms with van der Waals surface area (Å²) in [6.45, 7) is 11.6. The lowest BCUT2D eigenvalue weighted by atomic mass is 10.1. The summed E-state index contributed by atoms with van der Waals surface area (Å²) in [6.07, 6.45) is 5.37. The largest absolute Gasteiger partial charge is 0.364 e. The Labute approximate surface area is 203 Å². The van der Waals surface area contributed by atoms with Crippen LogP contribution in [-0.2, 0) is 15.8 Å². The number of hydrogen-bond acceptors (Lipinski definition) is 6. The summed E-state index contributed by atoms with van der Waals surface area (Å²) in [4.78, 5) is 9.58. The average molecular weight is 569 g/mol. The number of guanidine groups is 1. The summed E-state index contributed by atoms with van der Waals surface area (Å²) in [6, 6.07) is 1.59. The van der Waals surface area contributed by atoms with Crippen LogP contribution >= 0.6 is 24.0 Å². The van der Waals surface area contributed by atoms with E-state index in [2.05, 4.69) is 34.1 Å². The van der Waals surface area contributed by atoms with Crippen LogP contribution in [-0.4, -0.2) is 92.5 Å². The zero-order valence-corrected chi connectivity index (χ0v) is 21.8. The molecule has 0 radical (unpaired) electrons. The molecule has 0 amide bonds. The van der Waals surface area contributed by atoms with E-state index in [1.54, 1.807) is 10.4 Å². The van der Waals surface area contributed by atoms with Crippen molar-refractivity contribution in [3.05, 3.63) is 18.0 Å². The Morgan fingerprint density at radius 3 is 2.52 bits per heavy atom. The van der Waals surface area contributed by atoms with Crippen LogP contribution in [0.3, 0.4) is 0 Å². The van der Waals surface area contributed by atoms with Crippen molar-refractivity contribution >= 4 is 40.0 Å². The molecule has 31 heavy (non-hydrogen) atoms. The molecule has 178 valence electrons. The van der Waals surface area contributed by atoms with Gasteiger partial charge in [0.1, 0.15) is 12.0 Å². The van der Waals surface area contributed by atoms with Gasteiger partial charge in [-0.15, -0.1) is 24.0 Å². The fourth-order valence-electron chi connectivity index (χ4n) is 4.08. The molecule has 0 aliphatic carbocycles. The molecule has 2 fully saturated rings. The lowest BCUT2D eigenvalue weighted by Crippen LogP contribution is -2.54. The molecule has 0 saturated carbocycles. The zero-order valence-electron chi connectivity index (χ0n) is 18.7. The van der Waals surface area contributed by atoms with Crippen molar-refractivity contribution in [1.82, 2.24) is 24.6 Å². The number of sulfonamides is 1. The molecule has 1 atom stereocenters. The van der Waals surface area contributed by atoms with Gasteiger partial charge in [0.05, 0.1) is 5.69 Å². The fraction of sp³-hybridized carbons (Fsp3) is 0.800. The van der Waals surface area contributed by atoms with Crippen LogP contribution in [0.15, 0.2) is 21.8 Å². The Balaban J connectivity index is 0.00000341. The quantitative estimate of drug-likeness (QED) is 0.291. The molecule has 11 heteroatoms. The molecular formula is C20H37IN6O3S. The average Bonchev–Trinajstić information content (AvgIpc) is 3.24. The first-order valence-electron chi connectivity index (χ1n) is 11.1. The van der Waals surface area contributed by atoms with Crippen molar-refractivity contribution in [2.45, 2.75) is 38.9 Å². The highest BCUT2D eigenvalue weighted by molar-refractivity contribution is 14.0. The van der Waals surface area contributed by atoms with Crippen molar-refractivity contribution in [2.75, 3.05) is 58.9 Å². The zero-order chi connectivity index (χ0) is 21.4. The normalized spacial score (nSPS) is 20.3. The van der Waals surface area contributed by atoms with E-state index < -0.39 is 10.0 Å². The van der Waals surface area contributed by atoms with E-state index >= 15 is 0 Å². The van der Waals surface area contributed by atoms with Crippen LogP contribution in [0.25, 0.3) is 0 Å². The van der Waals surface area contributed by atoms with E-state index in [1.165, 1.54) is 38.6 Å². The minimum atomic E-state index is -3.39. The molecule has 3 rings (SSSR count). The number of nitrogens with one attached hydrogen (secondary N) is 1. The monoisotopic (exact) mass is 568 g/mol. The second kappa shape index (κ2) is 12.9. The Morgan fingerprint density at radius 1 is 1.19 bits per heavy atom. The maximum absolute atomic E-state index is 12.6. The number of halogens is 1. The van der Waals surface area contributed by atoms with Gasteiger partial charge >= 0.3 is 0 Å². The lowest BCUT2D eigenvalue weighted by Gasteiger charge is -2.36. The SMILES string of the molecule is CCNC(=NCC(C)CN1CCCCC1)N1CCN(S(=O)(=O)Cc2ccon2)CC1.I. The van der Waals surface area contributed by atoms with E-state index in [0.29, 0.717) is 37.8 Å². The summed E-state index contributed by atoms with van der Waals surface area (Å²) in [5.74, 6) is 1.27. The van der Waals surface area contributed by atoms with E-state index in [0.717, 1.165) is 25.6 Å². The van der Waals surface area contributed by atoms with Gasteiger partial charge in [0.15, 0.2) is 5.96 Å². The van der Waals surface area contributed by atoms with Gasteiger partial charge in [-0.3, -0.25) is 4.99 Å². The third-order valence-corrected chi connectivity index (χ3v) is 7.47. The first kappa shape index (κ1) is 26.3. The van der Waals surface area contributed by atoms with Gasteiger partial charge in [-0.25, -0.2) is 8.42 Å². The van der Waals surface area contributed by atoms with Gasteiger partial charge in [-0.05, 0) is 38.8 Å². The third kappa shape index (κ3) is 8.17. The highest BCUT2D eigenvalue weighted by atomic mass is 127. The van der Waals surface area contributed by atoms with Gasteiger partial charge in [0.2, 0.25) is 10.0 Å². The smallest absolute Gasteiger partial charge is 0.220 e. The second-order valence-electron chi connectivity index (χ2n) is 8.29. The minimum absolute atomic E-state index is 0. The van der Waals surface area contributed by atoms with Crippen LogP contribution in [0.4, 0.5) is 0 Å². The van der Waals surface area contributed by atoms with Crippen molar-refractivity contribution < 1.29 is 12.9 Å². The molecule has 0 bridgehead atoms. The summed E-state index contributed by atoms with van der Waals surface area (Å²) in [5.41, 5.74) is 0.440. The molecule has 0 spiro atoms. The Hall–Kier alpha value is -0.920. The highest BCUT2D eigenvalue weighted by Gasteiger charge is 2.29. The topological polar surface area (TPSA) is 94.3 Å². The number of piperazine rings is 1. The van der Waals surface area contributed by atoms with Crippen molar-refractivity contribution in [1.29, 1.82) is 0 Å². The highest BCUT2D eigenvalue weighted by Crippen LogP contribution is 2.14. The number of piperidine rings is 1. The molecule has 1 unspecified atom stereocenters. The summed E-state index contributed by atoms with van der Waals surface area (Å²) in [7, 11) is -3.39. The summed E-state index contributed by atoms with van der Waals surface area (Å²) in [5, 5.41) is 7.10. The van der Waals surface area contributed by atoms with Crippen LogP contribution < -0.4 is 5.32 Å². The predicted molar refractivity (Wildman–Crippen MR) is 133 cm³/mol. The molecule has 9 nitrogen and oxygen atoms in total. The summed E-state index contributed by atoms with van der Waals surface area (Å²) >= 11 is 0.